The first-order valence-electron chi connectivity index (χ1n) is 7.79. The minimum atomic E-state index is 0.163. The van der Waals surface area contributed by atoms with Gasteiger partial charge in [0, 0.05) is 18.5 Å². The third-order valence-electron chi connectivity index (χ3n) is 5.93. The van der Waals surface area contributed by atoms with Gasteiger partial charge in [-0.05, 0) is 55.3 Å². The first kappa shape index (κ1) is 13.0. The molecule has 0 N–H and O–H groups in total. The number of carbonyl (C=O) groups excluding carboxylic acids is 1. The van der Waals surface area contributed by atoms with Gasteiger partial charge in [0.2, 0.25) is 0 Å². The van der Waals surface area contributed by atoms with Crippen molar-refractivity contribution in [3.05, 3.63) is 16.1 Å². The monoisotopic (exact) mass is 289 g/mol. The van der Waals surface area contributed by atoms with Crippen LogP contribution in [0.5, 0.6) is 0 Å². The van der Waals surface area contributed by atoms with Crippen molar-refractivity contribution in [2.45, 2.75) is 64.7 Å². The number of thiazole rings is 1. The fraction of sp³-hybridized carbons (Fsp3) is 0.765. The van der Waals surface area contributed by atoms with E-state index in [2.05, 4.69) is 18.8 Å². The van der Waals surface area contributed by atoms with E-state index in [1.165, 1.54) is 43.5 Å². The molecule has 4 aliphatic rings. The lowest BCUT2D eigenvalue weighted by Crippen LogP contribution is -2.56. The lowest BCUT2D eigenvalue weighted by atomic mass is 9.40. The summed E-state index contributed by atoms with van der Waals surface area (Å²) in [5, 5.41) is 1.25. The molecule has 0 radical (unpaired) electrons. The van der Waals surface area contributed by atoms with Crippen LogP contribution in [0.1, 0.15) is 74.0 Å². The summed E-state index contributed by atoms with van der Waals surface area (Å²) in [7, 11) is 0. The highest BCUT2D eigenvalue weighted by molar-refractivity contribution is 7.13. The molecule has 2 atom stereocenters. The van der Waals surface area contributed by atoms with Crippen molar-refractivity contribution in [1.29, 1.82) is 0 Å². The maximum atomic E-state index is 11.6. The topological polar surface area (TPSA) is 30.0 Å². The maximum Gasteiger partial charge on any atom is 0.171 e. The summed E-state index contributed by atoms with van der Waals surface area (Å²) >= 11 is 1.67. The Balaban J connectivity index is 1.78. The Hall–Kier alpha value is -0.700. The largest absolute Gasteiger partial charge is 0.294 e. The van der Waals surface area contributed by atoms with Crippen LogP contribution in [0.3, 0.4) is 0 Å². The highest BCUT2D eigenvalue weighted by Gasteiger charge is 2.61. The molecule has 3 heteroatoms. The van der Waals surface area contributed by atoms with Crippen LogP contribution >= 0.6 is 11.3 Å². The van der Waals surface area contributed by atoms with E-state index in [4.69, 9.17) is 0 Å². The number of Topliss-reactive ketones (excluding diaryl/α,β-unsaturated/α-hetero) is 1. The lowest BCUT2D eigenvalue weighted by Gasteiger charge is -2.64. The molecule has 4 saturated carbocycles. The van der Waals surface area contributed by atoms with E-state index in [1.54, 1.807) is 18.3 Å². The van der Waals surface area contributed by atoms with E-state index >= 15 is 0 Å². The first-order chi connectivity index (χ1) is 9.32. The van der Waals surface area contributed by atoms with E-state index in [-0.39, 0.29) is 11.2 Å². The Labute approximate surface area is 125 Å². The Kier molecular flexibility index (Phi) is 2.43. The van der Waals surface area contributed by atoms with Gasteiger partial charge in [-0.1, -0.05) is 13.8 Å². The van der Waals surface area contributed by atoms with E-state index in [0.717, 1.165) is 10.8 Å². The summed E-state index contributed by atoms with van der Waals surface area (Å²) in [6.45, 7) is 6.63. The molecule has 0 saturated heterocycles. The number of ketones is 1. The second-order valence-electron chi connectivity index (χ2n) is 8.50. The Morgan fingerprint density at radius 2 is 1.85 bits per heavy atom. The van der Waals surface area contributed by atoms with Gasteiger partial charge in [0.15, 0.2) is 5.78 Å². The van der Waals surface area contributed by atoms with E-state index in [0.29, 0.717) is 10.8 Å². The molecule has 1 aromatic rings. The van der Waals surface area contributed by atoms with Crippen molar-refractivity contribution >= 4 is 17.1 Å². The number of hydrogen-bond donors (Lipinski definition) is 0. The summed E-state index contributed by atoms with van der Waals surface area (Å²) in [6, 6.07) is 0. The molecule has 4 bridgehead atoms. The predicted octanol–water partition coefficient (Wildman–Crippen LogP) is 4.59. The average molecular weight is 289 g/mol. The molecule has 2 unspecified atom stereocenters. The molecular formula is C17H23NOS. The molecule has 5 rings (SSSR count). The summed E-state index contributed by atoms with van der Waals surface area (Å²) < 4.78 is 0. The highest BCUT2D eigenvalue weighted by Crippen LogP contribution is 2.70. The molecule has 0 amide bonds. The van der Waals surface area contributed by atoms with Crippen LogP contribution < -0.4 is 0 Å². The first-order valence-corrected chi connectivity index (χ1v) is 8.61. The zero-order valence-corrected chi connectivity index (χ0v) is 13.5. The second kappa shape index (κ2) is 3.73. The van der Waals surface area contributed by atoms with Crippen LogP contribution in [0.25, 0.3) is 0 Å². The molecule has 2 nitrogen and oxygen atoms in total. The molecule has 108 valence electrons. The minimum absolute atomic E-state index is 0.163. The summed E-state index contributed by atoms with van der Waals surface area (Å²) in [5.41, 5.74) is 1.30. The van der Waals surface area contributed by atoms with Gasteiger partial charge in [0.1, 0.15) is 0 Å². The van der Waals surface area contributed by atoms with Gasteiger partial charge in [-0.3, -0.25) is 4.79 Å². The molecule has 1 aromatic heterocycles. The summed E-state index contributed by atoms with van der Waals surface area (Å²) in [5.74, 6) is 1.04. The number of hydrogen-bond acceptors (Lipinski definition) is 3. The van der Waals surface area contributed by atoms with Crippen molar-refractivity contribution in [2.75, 3.05) is 0 Å². The maximum absolute atomic E-state index is 11.6. The zero-order valence-electron chi connectivity index (χ0n) is 12.7. The number of aromatic nitrogens is 1. The van der Waals surface area contributed by atoms with Crippen molar-refractivity contribution in [2.24, 2.45) is 16.7 Å². The lowest BCUT2D eigenvalue weighted by molar-refractivity contribution is -0.110. The fourth-order valence-electron chi connectivity index (χ4n) is 6.37. The smallest absolute Gasteiger partial charge is 0.171 e. The number of nitrogens with zero attached hydrogens (tertiary/aromatic N) is 1. The second-order valence-corrected chi connectivity index (χ2v) is 9.53. The molecular weight excluding hydrogens is 266 g/mol. The highest BCUT2D eigenvalue weighted by atomic mass is 32.1. The van der Waals surface area contributed by atoms with Crippen LogP contribution in [0.4, 0.5) is 0 Å². The zero-order chi connectivity index (χ0) is 14.2. The van der Waals surface area contributed by atoms with Crippen LogP contribution in [-0.4, -0.2) is 10.8 Å². The quantitative estimate of drug-likeness (QED) is 0.745. The van der Waals surface area contributed by atoms with Crippen LogP contribution in [0.15, 0.2) is 6.20 Å². The van der Waals surface area contributed by atoms with Gasteiger partial charge in [0.25, 0.3) is 0 Å². The minimum Gasteiger partial charge on any atom is -0.294 e. The van der Waals surface area contributed by atoms with Crippen molar-refractivity contribution < 1.29 is 4.79 Å². The van der Waals surface area contributed by atoms with E-state index in [9.17, 15) is 4.79 Å². The van der Waals surface area contributed by atoms with Crippen LogP contribution in [-0.2, 0) is 5.41 Å². The predicted molar refractivity (Wildman–Crippen MR) is 81.2 cm³/mol. The van der Waals surface area contributed by atoms with Gasteiger partial charge < -0.3 is 0 Å². The molecule has 4 aliphatic carbocycles. The van der Waals surface area contributed by atoms with Crippen molar-refractivity contribution in [3.8, 4) is 0 Å². The third kappa shape index (κ3) is 1.75. The Morgan fingerprint density at radius 3 is 2.35 bits per heavy atom. The SMILES string of the molecule is CC(=O)c1cnc(C23CC4CC(C)(CC(C)(C4)C2)C3)s1. The van der Waals surface area contributed by atoms with Crippen LogP contribution in [0.2, 0.25) is 0 Å². The molecule has 0 spiro atoms. The third-order valence-corrected chi connectivity index (χ3v) is 7.28. The summed E-state index contributed by atoms with van der Waals surface area (Å²) in [4.78, 5) is 17.1. The normalized spacial score (nSPS) is 45.9. The van der Waals surface area contributed by atoms with Crippen molar-refractivity contribution in [1.82, 2.24) is 4.98 Å². The van der Waals surface area contributed by atoms with Crippen molar-refractivity contribution in [3.63, 3.8) is 0 Å². The van der Waals surface area contributed by atoms with Gasteiger partial charge in [-0.25, -0.2) is 4.98 Å². The molecule has 0 aliphatic heterocycles. The molecule has 20 heavy (non-hydrogen) atoms. The van der Waals surface area contributed by atoms with Crippen LogP contribution in [0, 0.1) is 16.7 Å². The molecule has 0 aromatic carbocycles. The van der Waals surface area contributed by atoms with Gasteiger partial charge in [0.05, 0.1) is 9.88 Å². The van der Waals surface area contributed by atoms with E-state index in [1.807, 2.05) is 6.20 Å². The fourth-order valence-corrected chi connectivity index (χ4v) is 7.38. The summed E-state index contributed by atoms with van der Waals surface area (Å²) in [6.07, 6.45) is 9.91. The molecule has 4 fully saturated rings. The van der Waals surface area contributed by atoms with E-state index < -0.39 is 0 Å². The number of rotatable bonds is 2. The average Bonchev–Trinajstić information content (AvgIpc) is 2.72. The van der Waals surface area contributed by atoms with Gasteiger partial charge in [-0.2, -0.15) is 0 Å². The molecule has 1 heterocycles. The standard InChI is InChI=1S/C17H23NOS/c1-11(19)13-7-18-14(20-13)17-6-12-4-15(2,9-17)8-16(3,5-12)10-17/h7,12H,4-6,8-10H2,1-3H3. The Bertz CT molecular complexity index is 572. The number of carbonyl (C=O) groups is 1. The Morgan fingerprint density at radius 1 is 1.20 bits per heavy atom. The van der Waals surface area contributed by atoms with Gasteiger partial charge >= 0.3 is 0 Å². The van der Waals surface area contributed by atoms with Gasteiger partial charge in [-0.15, -0.1) is 11.3 Å².